The number of imidazole rings is 1. The normalized spacial score (nSPS) is 13.1. The maximum atomic E-state index is 11.3. The van der Waals surface area contributed by atoms with Crippen LogP contribution in [0, 0.1) is 5.92 Å². The molecule has 0 saturated carbocycles. The maximum Gasteiger partial charge on any atom is 0.309 e. The Labute approximate surface area is 110 Å². The molecule has 0 amide bonds. The third-order valence-electron chi connectivity index (χ3n) is 2.76. The minimum absolute atomic E-state index is 0.122. The van der Waals surface area contributed by atoms with E-state index in [0.717, 1.165) is 17.2 Å². The van der Waals surface area contributed by atoms with Crippen LogP contribution in [0.15, 0.2) is 17.8 Å². The van der Waals surface area contributed by atoms with Crippen LogP contribution in [-0.4, -0.2) is 41.0 Å². The van der Waals surface area contributed by atoms with Crippen molar-refractivity contribution in [2.45, 2.75) is 13.5 Å². The van der Waals surface area contributed by atoms with Gasteiger partial charge in [-0.15, -0.1) is 11.3 Å². The van der Waals surface area contributed by atoms with Crippen LogP contribution in [0.25, 0.3) is 4.96 Å². The molecular formula is C12H17N3O2S. The van der Waals surface area contributed by atoms with Crippen LogP contribution in [0.3, 0.4) is 0 Å². The van der Waals surface area contributed by atoms with Crippen LogP contribution in [-0.2, 0) is 16.1 Å². The molecule has 0 aliphatic rings. The lowest BCUT2D eigenvalue weighted by Gasteiger charge is -2.18. The monoisotopic (exact) mass is 267 g/mol. The number of ether oxygens (including phenoxy) is 1. The predicted molar refractivity (Wildman–Crippen MR) is 70.6 cm³/mol. The second kappa shape index (κ2) is 5.49. The molecular weight excluding hydrogens is 250 g/mol. The maximum absolute atomic E-state index is 11.3. The number of nitrogens with zero attached hydrogens (tertiary/aromatic N) is 3. The van der Waals surface area contributed by atoms with Gasteiger partial charge in [-0.05, 0) is 7.05 Å². The van der Waals surface area contributed by atoms with Gasteiger partial charge in [0.05, 0.1) is 18.7 Å². The average Bonchev–Trinajstić information content (AvgIpc) is 2.87. The van der Waals surface area contributed by atoms with E-state index in [1.54, 1.807) is 11.3 Å². The molecule has 0 fully saturated rings. The van der Waals surface area contributed by atoms with Crippen LogP contribution in [0.5, 0.6) is 0 Å². The van der Waals surface area contributed by atoms with Crippen molar-refractivity contribution in [3.05, 3.63) is 23.5 Å². The number of carbonyl (C=O) groups excluding carboxylic acids is 1. The van der Waals surface area contributed by atoms with Crippen molar-refractivity contribution in [1.29, 1.82) is 0 Å². The fraction of sp³-hybridized carbons (Fsp3) is 0.500. The third-order valence-corrected chi connectivity index (χ3v) is 3.53. The Hall–Kier alpha value is -1.40. The summed E-state index contributed by atoms with van der Waals surface area (Å²) in [5.74, 6) is -0.295. The van der Waals surface area contributed by atoms with Gasteiger partial charge in [0, 0.05) is 30.9 Å². The van der Waals surface area contributed by atoms with Crippen LogP contribution in [0.2, 0.25) is 0 Å². The zero-order valence-corrected chi connectivity index (χ0v) is 11.6. The molecule has 18 heavy (non-hydrogen) atoms. The molecule has 6 heteroatoms. The standard InChI is InChI=1S/C12H17N3O2S/c1-9(11(16)17-3)6-14(2)7-10-8-15-4-5-18-12(15)13-10/h4-5,8-9H,6-7H2,1-3H3. The zero-order valence-electron chi connectivity index (χ0n) is 10.8. The summed E-state index contributed by atoms with van der Waals surface area (Å²) in [6, 6.07) is 0. The Kier molecular flexibility index (Phi) is 3.98. The fourth-order valence-corrected chi connectivity index (χ4v) is 2.66. The number of fused-ring (bicyclic) bond motifs is 1. The summed E-state index contributed by atoms with van der Waals surface area (Å²) in [7, 11) is 3.40. The highest BCUT2D eigenvalue weighted by atomic mass is 32.1. The Morgan fingerprint density at radius 2 is 2.44 bits per heavy atom. The quantitative estimate of drug-likeness (QED) is 0.773. The summed E-state index contributed by atoms with van der Waals surface area (Å²) in [6.45, 7) is 3.27. The summed E-state index contributed by atoms with van der Waals surface area (Å²) in [5, 5.41) is 2.01. The van der Waals surface area contributed by atoms with E-state index >= 15 is 0 Å². The van der Waals surface area contributed by atoms with Gasteiger partial charge in [0.15, 0.2) is 4.96 Å². The molecule has 0 N–H and O–H groups in total. The predicted octanol–water partition coefficient (Wildman–Crippen LogP) is 1.64. The van der Waals surface area contributed by atoms with Crippen molar-refractivity contribution < 1.29 is 9.53 Å². The van der Waals surface area contributed by atoms with Crippen LogP contribution < -0.4 is 0 Å². The number of carbonyl (C=O) groups is 1. The zero-order chi connectivity index (χ0) is 13.1. The first-order valence-corrected chi connectivity index (χ1v) is 6.65. The summed E-state index contributed by atoms with van der Waals surface area (Å²) >= 11 is 1.62. The van der Waals surface area contributed by atoms with Crippen molar-refractivity contribution in [3.8, 4) is 0 Å². The van der Waals surface area contributed by atoms with Crippen molar-refractivity contribution >= 4 is 22.3 Å². The molecule has 2 heterocycles. The van der Waals surface area contributed by atoms with E-state index in [1.165, 1.54) is 7.11 Å². The second-order valence-corrected chi connectivity index (χ2v) is 5.32. The highest BCUT2D eigenvalue weighted by molar-refractivity contribution is 7.15. The number of aromatic nitrogens is 2. The van der Waals surface area contributed by atoms with Gasteiger partial charge >= 0.3 is 5.97 Å². The largest absolute Gasteiger partial charge is 0.469 e. The van der Waals surface area contributed by atoms with Crippen molar-refractivity contribution in [2.75, 3.05) is 20.7 Å². The lowest BCUT2D eigenvalue weighted by atomic mass is 10.2. The van der Waals surface area contributed by atoms with Crippen molar-refractivity contribution in [2.24, 2.45) is 5.92 Å². The second-order valence-electron chi connectivity index (χ2n) is 4.45. The van der Waals surface area contributed by atoms with Gasteiger partial charge in [0.1, 0.15) is 0 Å². The molecule has 0 bridgehead atoms. The van der Waals surface area contributed by atoms with E-state index in [2.05, 4.69) is 9.88 Å². The van der Waals surface area contributed by atoms with Gasteiger partial charge in [-0.3, -0.25) is 14.1 Å². The van der Waals surface area contributed by atoms with E-state index in [-0.39, 0.29) is 11.9 Å². The SMILES string of the molecule is COC(=O)C(C)CN(C)Cc1cn2ccsc2n1. The minimum Gasteiger partial charge on any atom is -0.469 e. The number of hydrogen-bond donors (Lipinski definition) is 0. The molecule has 98 valence electrons. The molecule has 0 aliphatic carbocycles. The summed E-state index contributed by atoms with van der Waals surface area (Å²) in [5.41, 5.74) is 1.02. The fourth-order valence-electron chi connectivity index (χ4n) is 1.94. The summed E-state index contributed by atoms with van der Waals surface area (Å²) < 4.78 is 6.73. The van der Waals surface area contributed by atoms with Crippen LogP contribution in [0.1, 0.15) is 12.6 Å². The molecule has 1 atom stereocenters. The Balaban J connectivity index is 1.93. The van der Waals surface area contributed by atoms with Gasteiger partial charge < -0.3 is 4.74 Å². The Bertz CT molecular complexity index is 506. The molecule has 0 aromatic carbocycles. The van der Waals surface area contributed by atoms with E-state index in [1.807, 2.05) is 36.1 Å². The number of esters is 1. The average molecular weight is 267 g/mol. The molecule has 1 unspecified atom stereocenters. The lowest BCUT2D eigenvalue weighted by molar-refractivity contribution is -0.145. The van der Waals surface area contributed by atoms with Gasteiger partial charge in [0.2, 0.25) is 0 Å². The van der Waals surface area contributed by atoms with Gasteiger partial charge in [-0.2, -0.15) is 0 Å². The molecule has 0 aliphatic heterocycles. The first-order valence-electron chi connectivity index (χ1n) is 5.77. The number of rotatable bonds is 5. The van der Waals surface area contributed by atoms with Gasteiger partial charge in [0.25, 0.3) is 0 Å². The molecule has 2 rings (SSSR count). The molecule has 2 aromatic rings. The van der Waals surface area contributed by atoms with E-state index in [9.17, 15) is 4.79 Å². The van der Waals surface area contributed by atoms with Gasteiger partial charge in [-0.1, -0.05) is 6.92 Å². The molecule has 2 aromatic heterocycles. The Morgan fingerprint density at radius 3 is 3.11 bits per heavy atom. The first-order chi connectivity index (χ1) is 8.60. The highest BCUT2D eigenvalue weighted by Gasteiger charge is 2.16. The molecule has 0 spiro atoms. The van der Waals surface area contributed by atoms with Crippen LogP contribution in [0.4, 0.5) is 0 Å². The highest BCUT2D eigenvalue weighted by Crippen LogP contribution is 2.13. The van der Waals surface area contributed by atoms with E-state index in [0.29, 0.717) is 6.54 Å². The number of hydrogen-bond acceptors (Lipinski definition) is 5. The van der Waals surface area contributed by atoms with Crippen LogP contribution >= 0.6 is 11.3 Å². The summed E-state index contributed by atoms with van der Waals surface area (Å²) in [6.07, 6.45) is 4.01. The summed E-state index contributed by atoms with van der Waals surface area (Å²) in [4.78, 5) is 18.9. The topological polar surface area (TPSA) is 46.8 Å². The molecule has 0 radical (unpaired) electrons. The van der Waals surface area contributed by atoms with Gasteiger partial charge in [-0.25, -0.2) is 4.98 Å². The molecule has 5 nitrogen and oxygen atoms in total. The Morgan fingerprint density at radius 1 is 1.67 bits per heavy atom. The third kappa shape index (κ3) is 2.88. The number of thiazole rings is 1. The smallest absolute Gasteiger partial charge is 0.309 e. The van der Waals surface area contributed by atoms with E-state index in [4.69, 9.17) is 4.74 Å². The van der Waals surface area contributed by atoms with E-state index < -0.39 is 0 Å². The number of methoxy groups -OCH3 is 1. The molecule has 0 saturated heterocycles. The minimum atomic E-state index is -0.173. The van der Waals surface area contributed by atoms with Crippen molar-refractivity contribution in [1.82, 2.24) is 14.3 Å². The lowest BCUT2D eigenvalue weighted by Crippen LogP contribution is -2.29. The van der Waals surface area contributed by atoms with Crippen molar-refractivity contribution in [3.63, 3.8) is 0 Å². The first kappa shape index (κ1) is 13.0.